The van der Waals surface area contributed by atoms with Crippen LogP contribution in [0.25, 0.3) is 0 Å². The predicted molar refractivity (Wildman–Crippen MR) is 111 cm³/mol. The Hall–Kier alpha value is -2.68. The van der Waals surface area contributed by atoms with Crippen molar-refractivity contribution in [2.75, 3.05) is 32.8 Å². The van der Waals surface area contributed by atoms with Gasteiger partial charge in [-0.05, 0) is 30.2 Å². The Balaban J connectivity index is 1.48. The van der Waals surface area contributed by atoms with Gasteiger partial charge in [0.05, 0.1) is 30.9 Å². The summed E-state index contributed by atoms with van der Waals surface area (Å²) < 4.78 is 5.96. The first-order valence-electron chi connectivity index (χ1n) is 10.2. The molecule has 0 N–H and O–H groups in total. The summed E-state index contributed by atoms with van der Waals surface area (Å²) in [7, 11) is 0. The molecule has 2 atom stereocenters. The Morgan fingerprint density at radius 2 is 1.90 bits per heavy atom. The first-order valence-corrected chi connectivity index (χ1v) is 10.2. The molecule has 4 rings (SSSR count). The van der Waals surface area contributed by atoms with E-state index in [9.17, 15) is 4.79 Å². The molecule has 150 valence electrons. The Morgan fingerprint density at radius 3 is 2.62 bits per heavy atom. The third-order valence-electron chi connectivity index (χ3n) is 6.11. The van der Waals surface area contributed by atoms with Gasteiger partial charge in [0.1, 0.15) is 0 Å². The molecule has 0 radical (unpaired) electrons. The number of hydrogen-bond acceptors (Lipinski definition) is 4. The fourth-order valence-corrected chi connectivity index (χ4v) is 4.55. The molecule has 0 aliphatic carbocycles. The maximum Gasteiger partial charge on any atom is 0.223 e. The highest BCUT2D eigenvalue weighted by Gasteiger charge is 2.46. The molecule has 2 aliphatic heterocycles. The summed E-state index contributed by atoms with van der Waals surface area (Å²) in [6.07, 6.45) is 0.536. The van der Waals surface area contributed by atoms with Crippen LogP contribution in [-0.2, 0) is 16.1 Å². The van der Waals surface area contributed by atoms with Gasteiger partial charge in [-0.15, -0.1) is 0 Å². The minimum atomic E-state index is -0.163. The fraction of sp³-hybridized carbons (Fsp3) is 0.417. The first kappa shape index (κ1) is 19.6. The van der Waals surface area contributed by atoms with Gasteiger partial charge in [0.25, 0.3) is 0 Å². The zero-order valence-corrected chi connectivity index (χ0v) is 16.9. The van der Waals surface area contributed by atoms with E-state index in [1.54, 1.807) is 0 Å². The van der Waals surface area contributed by atoms with E-state index in [2.05, 4.69) is 30.0 Å². The van der Waals surface area contributed by atoms with E-state index in [-0.39, 0.29) is 17.4 Å². The van der Waals surface area contributed by atoms with Gasteiger partial charge in [0.2, 0.25) is 5.91 Å². The Labute approximate surface area is 172 Å². The molecule has 1 spiro atoms. The third kappa shape index (κ3) is 4.34. The number of rotatable bonds is 4. The Bertz CT molecular complexity index is 891. The molecular formula is C24H27N3O2. The van der Waals surface area contributed by atoms with Crippen molar-refractivity contribution in [3.05, 3.63) is 71.3 Å². The van der Waals surface area contributed by atoms with Crippen molar-refractivity contribution in [2.24, 2.45) is 5.41 Å². The number of hydrogen-bond donors (Lipinski definition) is 0. The standard InChI is InChI=1S/C24H27N3O2/c1-19(22-5-3-2-4-6-22)27-17-24(13-23(27)28)16-26(11-12-29-18-24)15-21-9-7-20(14-25)8-10-21/h2-10,19H,11-13,15-18H2,1H3/t19-,24+/m1/s1. The van der Waals surface area contributed by atoms with Crippen LogP contribution >= 0.6 is 0 Å². The number of nitriles is 1. The van der Waals surface area contributed by atoms with Crippen molar-refractivity contribution >= 4 is 5.91 Å². The lowest BCUT2D eigenvalue weighted by atomic mass is 9.87. The summed E-state index contributed by atoms with van der Waals surface area (Å²) in [5.41, 5.74) is 2.86. The van der Waals surface area contributed by atoms with Gasteiger partial charge in [-0.3, -0.25) is 9.69 Å². The van der Waals surface area contributed by atoms with Crippen molar-refractivity contribution in [1.29, 1.82) is 5.26 Å². The zero-order chi connectivity index (χ0) is 20.3. The molecule has 29 heavy (non-hydrogen) atoms. The van der Waals surface area contributed by atoms with Gasteiger partial charge in [-0.2, -0.15) is 5.26 Å². The SMILES string of the molecule is C[C@H](c1ccccc1)N1C[C@]2(COCCN(Cc3ccc(C#N)cc3)C2)CC1=O. The lowest BCUT2D eigenvalue weighted by Gasteiger charge is -2.33. The van der Waals surface area contributed by atoms with Gasteiger partial charge < -0.3 is 9.64 Å². The number of likely N-dealkylation sites (tertiary alicyclic amines) is 1. The Kier molecular flexibility index (Phi) is 5.66. The summed E-state index contributed by atoms with van der Waals surface area (Å²) in [6, 6.07) is 20.2. The van der Waals surface area contributed by atoms with E-state index in [0.717, 1.165) is 26.2 Å². The Morgan fingerprint density at radius 1 is 1.14 bits per heavy atom. The maximum atomic E-state index is 12.9. The molecule has 2 aromatic rings. The van der Waals surface area contributed by atoms with Crippen LogP contribution < -0.4 is 0 Å². The van der Waals surface area contributed by atoms with Crippen LogP contribution in [0.15, 0.2) is 54.6 Å². The maximum absolute atomic E-state index is 12.9. The average Bonchev–Trinajstić information content (AvgIpc) is 2.94. The minimum Gasteiger partial charge on any atom is -0.379 e. The van der Waals surface area contributed by atoms with Gasteiger partial charge in [-0.25, -0.2) is 0 Å². The predicted octanol–water partition coefficient (Wildman–Crippen LogP) is 3.37. The molecule has 1 amide bonds. The number of carbonyl (C=O) groups is 1. The molecule has 0 aromatic heterocycles. The second kappa shape index (κ2) is 8.36. The molecular weight excluding hydrogens is 362 g/mol. The summed E-state index contributed by atoms with van der Waals surface area (Å²) in [6.45, 7) is 6.64. The molecule has 0 unspecified atom stereocenters. The third-order valence-corrected chi connectivity index (χ3v) is 6.11. The van der Waals surface area contributed by atoms with Crippen molar-refractivity contribution < 1.29 is 9.53 Å². The van der Waals surface area contributed by atoms with Crippen LogP contribution in [0.1, 0.15) is 36.1 Å². The van der Waals surface area contributed by atoms with Gasteiger partial charge in [0.15, 0.2) is 0 Å². The number of amides is 1. The van der Waals surface area contributed by atoms with Crippen LogP contribution in [0.5, 0.6) is 0 Å². The van der Waals surface area contributed by atoms with Gasteiger partial charge >= 0.3 is 0 Å². The molecule has 0 saturated carbocycles. The van der Waals surface area contributed by atoms with E-state index < -0.39 is 0 Å². The molecule has 5 heteroatoms. The van der Waals surface area contributed by atoms with Crippen molar-refractivity contribution in [3.63, 3.8) is 0 Å². The van der Waals surface area contributed by atoms with E-state index in [0.29, 0.717) is 25.2 Å². The monoisotopic (exact) mass is 389 g/mol. The number of ether oxygens (including phenoxy) is 1. The van der Waals surface area contributed by atoms with E-state index in [1.807, 2.05) is 47.4 Å². The average molecular weight is 389 g/mol. The van der Waals surface area contributed by atoms with Crippen molar-refractivity contribution in [2.45, 2.75) is 25.9 Å². The summed E-state index contributed by atoms with van der Waals surface area (Å²) in [5, 5.41) is 8.99. The number of carbonyl (C=O) groups excluding carboxylic acids is 1. The lowest BCUT2D eigenvalue weighted by molar-refractivity contribution is -0.129. The summed E-state index contributed by atoms with van der Waals surface area (Å²) in [5.74, 6) is 0.213. The molecule has 2 fully saturated rings. The van der Waals surface area contributed by atoms with Crippen LogP contribution in [0.4, 0.5) is 0 Å². The van der Waals surface area contributed by atoms with Crippen LogP contribution in [0.3, 0.4) is 0 Å². The second-order valence-electron chi connectivity index (χ2n) is 8.36. The van der Waals surface area contributed by atoms with E-state index in [4.69, 9.17) is 10.00 Å². The van der Waals surface area contributed by atoms with E-state index in [1.165, 1.54) is 11.1 Å². The molecule has 2 aliphatic rings. The smallest absolute Gasteiger partial charge is 0.223 e. The van der Waals surface area contributed by atoms with Crippen LogP contribution in [0, 0.1) is 16.7 Å². The summed E-state index contributed by atoms with van der Waals surface area (Å²) in [4.78, 5) is 17.3. The second-order valence-corrected chi connectivity index (χ2v) is 8.36. The molecule has 2 saturated heterocycles. The minimum absolute atomic E-state index is 0.0679. The largest absolute Gasteiger partial charge is 0.379 e. The lowest BCUT2D eigenvalue weighted by Crippen LogP contribution is -2.40. The number of nitrogens with zero attached hydrogens (tertiary/aromatic N) is 3. The molecule has 2 aromatic carbocycles. The van der Waals surface area contributed by atoms with Gasteiger partial charge in [0, 0.05) is 38.0 Å². The normalized spacial score (nSPS) is 23.7. The summed E-state index contributed by atoms with van der Waals surface area (Å²) >= 11 is 0. The highest BCUT2D eigenvalue weighted by molar-refractivity contribution is 5.80. The van der Waals surface area contributed by atoms with E-state index >= 15 is 0 Å². The van der Waals surface area contributed by atoms with Crippen LogP contribution in [-0.4, -0.2) is 48.6 Å². The quantitative estimate of drug-likeness (QED) is 0.805. The molecule has 5 nitrogen and oxygen atoms in total. The number of benzene rings is 2. The molecule has 2 heterocycles. The fourth-order valence-electron chi connectivity index (χ4n) is 4.55. The zero-order valence-electron chi connectivity index (χ0n) is 16.9. The highest BCUT2D eigenvalue weighted by Crippen LogP contribution is 2.38. The van der Waals surface area contributed by atoms with Gasteiger partial charge in [-0.1, -0.05) is 42.5 Å². The highest BCUT2D eigenvalue weighted by atomic mass is 16.5. The van der Waals surface area contributed by atoms with Crippen LogP contribution in [0.2, 0.25) is 0 Å². The van der Waals surface area contributed by atoms with Crippen molar-refractivity contribution in [1.82, 2.24) is 9.80 Å². The molecule has 0 bridgehead atoms. The first-order chi connectivity index (χ1) is 14.1. The van der Waals surface area contributed by atoms with Crippen molar-refractivity contribution in [3.8, 4) is 6.07 Å². The topological polar surface area (TPSA) is 56.6 Å².